The van der Waals surface area contributed by atoms with Gasteiger partial charge in [-0.05, 0) is 23.3 Å². The summed E-state index contributed by atoms with van der Waals surface area (Å²) in [7, 11) is 0. The summed E-state index contributed by atoms with van der Waals surface area (Å²) < 4.78 is 0. The second-order valence-corrected chi connectivity index (χ2v) is 2.15. The molecule has 1 heteroatoms. The molecule has 44 valence electrons. The predicted molar refractivity (Wildman–Crippen MR) is 37.1 cm³/mol. The van der Waals surface area contributed by atoms with Crippen molar-refractivity contribution in [3.63, 3.8) is 0 Å². The highest BCUT2D eigenvalue weighted by molar-refractivity contribution is 5.60. The van der Waals surface area contributed by atoms with Crippen LogP contribution in [0.2, 0.25) is 0 Å². The summed E-state index contributed by atoms with van der Waals surface area (Å²) in [5.41, 5.74) is 2.24. The maximum atomic E-state index is 8.94. The lowest BCUT2D eigenvalue weighted by Crippen LogP contribution is -1.67. The largest absolute Gasteiger partial charge is 1.00 e. The Kier molecular flexibility index (Phi) is 0.707. The second kappa shape index (κ2) is 1.38. The van der Waals surface area contributed by atoms with Crippen LogP contribution >= 0.6 is 0 Å². The minimum absolute atomic E-state index is 0. The molecule has 0 amide bonds. The Morgan fingerprint density at radius 3 is 2.89 bits per heavy atom. The molecule has 1 N–H and O–H groups in total. The molecule has 2 rings (SSSR count). The first-order chi connectivity index (χ1) is 4.36. The molecule has 9 heavy (non-hydrogen) atoms. The van der Waals surface area contributed by atoms with Gasteiger partial charge in [-0.3, -0.25) is 0 Å². The van der Waals surface area contributed by atoms with Gasteiger partial charge in [-0.25, -0.2) is 0 Å². The van der Waals surface area contributed by atoms with Crippen molar-refractivity contribution in [2.75, 3.05) is 0 Å². The summed E-state index contributed by atoms with van der Waals surface area (Å²) in [5.74, 6) is 0.362. The number of fused-ring (bicyclic) bond motifs is 1. The fraction of sp³-hybridized carbons (Fsp3) is 0. The van der Waals surface area contributed by atoms with E-state index >= 15 is 0 Å². The first-order valence-electron chi connectivity index (χ1n) is 2.87. The van der Waals surface area contributed by atoms with Crippen LogP contribution in [0.3, 0.4) is 0 Å². The monoisotopic (exact) mass is 119 g/mol. The summed E-state index contributed by atoms with van der Waals surface area (Å²) >= 11 is 0. The van der Waals surface area contributed by atoms with Crippen LogP contribution in [0.15, 0.2) is 47.3 Å². The fourth-order valence-electron chi connectivity index (χ4n) is 1.07. The number of hydrogen-bond donors (Lipinski definition) is 1. The SMILES string of the molecule is OC1=CC2=CC=CC2=C1.[H+]. The molecule has 0 aromatic rings. The Morgan fingerprint density at radius 2 is 2.11 bits per heavy atom. The Bertz CT molecular complexity index is 269. The van der Waals surface area contributed by atoms with Crippen LogP contribution in [0.4, 0.5) is 0 Å². The van der Waals surface area contributed by atoms with Gasteiger partial charge < -0.3 is 5.11 Å². The maximum Gasteiger partial charge on any atom is 1.00 e. The summed E-state index contributed by atoms with van der Waals surface area (Å²) in [4.78, 5) is 0. The molecule has 2 aliphatic carbocycles. The van der Waals surface area contributed by atoms with Crippen LogP contribution in [0.1, 0.15) is 1.43 Å². The highest BCUT2D eigenvalue weighted by Gasteiger charge is 2.10. The van der Waals surface area contributed by atoms with E-state index in [0.29, 0.717) is 5.76 Å². The second-order valence-electron chi connectivity index (χ2n) is 2.15. The number of aliphatic hydroxyl groups is 1. The van der Waals surface area contributed by atoms with E-state index in [0.717, 1.165) is 11.1 Å². The molecule has 0 aromatic carbocycles. The molecule has 0 unspecified atom stereocenters. The van der Waals surface area contributed by atoms with E-state index in [4.69, 9.17) is 5.11 Å². The zero-order valence-corrected chi connectivity index (χ0v) is 4.83. The summed E-state index contributed by atoms with van der Waals surface area (Å²) in [6, 6.07) is 0. The van der Waals surface area contributed by atoms with E-state index in [1.165, 1.54) is 0 Å². The molecule has 0 heterocycles. The quantitative estimate of drug-likeness (QED) is 0.517. The average molecular weight is 119 g/mol. The Morgan fingerprint density at radius 1 is 1.22 bits per heavy atom. The summed E-state index contributed by atoms with van der Waals surface area (Å²) in [6.07, 6.45) is 9.46. The van der Waals surface area contributed by atoms with Crippen LogP contribution < -0.4 is 0 Å². The Hall–Kier alpha value is -1.24. The number of rotatable bonds is 0. The maximum absolute atomic E-state index is 8.94. The average Bonchev–Trinajstić information content (AvgIpc) is 2.22. The first kappa shape index (κ1) is 4.62. The van der Waals surface area contributed by atoms with E-state index in [2.05, 4.69) is 0 Å². The van der Waals surface area contributed by atoms with Crippen LogP contribution in [0, 0.1) is 0 Å². The molecule has 0 fully saturated rings. The summed E-state index contributed by atoms with van der Waals surface area (Å²) in [5, 5.41) is 8.94. The molecule has 0 spiro atoms. The molecule has 0 radical (unpaired) electrons. The van der Waals surface area contributed by atoms with Crippen molar-refractivity contribution >= 4 is 0 Å². The van der Waals surface area contributed by atoms with E-state index in [9.17, 15) is 0 Å². The number of allylic oxidation sites excluding steroid dienone is 7. The number of hydrogen-bond acceptors (Lipinski definition) is 1. The first-order valence-corrected chi connectivity index (χ1v) is 2.87. The van der Waals surface area contributed by atoms with Gasteiger partial charge in [0.05, 0.1) is 0 Å². The van der Waals surface area contributed by atoms with E-state index in [1.54, 1.807) is 12.2 Å². The zero-order chi connectivity index (χ0) is 6.27. The molecule has 0 bridgehead atoms. The highest BCUT2D eigenvalue weighted by Crippen LogP contribution is 2.26. The van der Waals surface area contributed by atoms with Crippen molar-refractivity contribution in [3.8, 4) is 0 Å². The lowest BCUT2D eigenvalue weighted by atomic mass is 10.2. The van der Waals surface area contributed by atoms with Gasteiger partial charge in [0.15, 0.2) is 0 Å². The van der Waals surface area contributed by atoms with E-state index < -0.39 is 0 Å². The highest BCUT2D eigenvalue weighted by atomic mass is 16.3. The van der Waals surface area contributed by atoms with Gasteiger partial charge in [0.25, 0.3) is 0 Å². The molecule has 1 nitrogen and oxygen atoms in total. The Balaban J connectivity index is 0.000000500. The van der Waals surface area contributed by atoms with Crippen molar-refractivity contribution < 1.29 is 6.53 Å². The lowest BCUT2D eigenvalue weighted by molar-refractivity contribution is 0.434. The standard InChI is InChI=1S/C8H6O/c9-8-4-6-2-1-3-7(6)5-8/h1-5,9H/p+1. The lowest BCUT2D eigenvalue weighted by Gasteiger charge is -1.84. The third-order valence-corrected chi connectivity index (χ3v) is 1.49. The van der Waals surface area contributed by atoms with Gasteiger partial charge in [0.1, 0.15) is 5.76 Å². The van der Waals surface area contributed by atoms with E-state index in [1.807, 2.05) is 18.2 Å². The van der Waals surface area contributed by atoms with Crippen molar-refractivity contribution in [1.82, 2.24) is 0 Å². The van der Waals surface area contributed by atoms with Crippen LogP contribution in [0.25, 0.3) is 0 Å². The van der Waals surface area contributed by atoms with Crippen LogP contribution in [0.5, 0.6) is 0 Å². The molecule has 0 saturated heterocycles. The van der Waals surface area contributed by atoms with Gasteiger partial charge >= 0.3 is 1.43 Å². The molecular formula is C8H7O+. The van der Waals surface area contributed by atoms with Crippen molar-refractivity contribution in [2.24, 2.45) is 0 Å². The minimum atomic E-state index is 0. The van der Waals surface area contributed by atoms with E-state index in [-0.39, 0.29) is 1.43 Å². The Labute approximate surface area is 54.8 Å². The molecule has 2 aliphatic rings. The predicted octanol–water partition coefficient (Wildman–Crippen LogP) is 1.98. The molecular weight excluding hydrogens is 112 g/mol. The van der Waals surface area contributed by atoms with Gasteiger partial charge in [-0.1, -0.05) is 18.2 Å². The van der Waals surface area contributed by atoms with Gasteiger partial charge in [-0.2, -0.15) is 0 Å². The van der Waals surface area contributed by atoms with Gasteiger partial charge in [0.2, 0.25) is 0 Å². The minimum Gasteiger partial charge on any atom is -0.508 e. The molecule has 0 saturated carbocycles. The topological polar surface area (TPSA) is 20.2 Å². The van der Waals surface area contributed by atoms with Gasteiger partial charge in [-0.15, -0.1) is 0 Å². The van der Waals surface area contributed by atoms with Crippen LogP contribution in [-0.4, -0.2) is 5.11 Å². The normalized spacial score (nSPS) is 21.1. The molecule has 0 atom stereocenters. The third kappa shape index (κ3) is 0.545. The smallest absolute Gasteiger partial charge is 0.508 e. The summed E-state index contributed by atoms with van der Waals surface area (Å²) in [6.45, 7) is 0. The molecule has 0 aromatic heterocycles. The number of aliphatic hydroxyl groups excluding tert-OH is 1. The molecule has 0 aliphatic heterocycles. The van der Waals surface area contributed by atoms with Gasteiger partial charge in [0, 0.05) is 0 Å². The van der Waals surface area contributed by atoms with Crippen LogP contribution in [-0.2, 0) is 0 Å². The zero-order valence-electron chi connectivity index (χ0n) is 5.83. The fourth-order valence-corrected chi connectivity index (χ4v) is 1.07. The third-order valence-electron chi connectivity index (χ3n) is 1.49. The van der Waals surface area contributed by atoms with Crippen molar-refractivity contribution in [3.05, 3.63) is 47.3 Å². The van der Waals surface area contributed by atoms with Crippen molar-refractivity contribution in [2.45, 2.75) is 0 Å². The van der Waals surface area contributed by atoms with Crippen molar-refractivity contribution in [1.29, 1.82) is 0 Å².